The quantitative estimate of drug-likeness (QED) is 0.555. The molecule has 0 atom stereocenters. The van der Waals surface area contributed by atoms with Crippen LogP contribution in [0.2, 0.25) is 0 Å². The second-order valence-corrected chi connectivity index (χ2v) is 3.09. The van der Waals surface area contributed by atoms with Gasteiger partial charge in [-0.05, 0) is 6.42 Å². The molecule has 2 amide bonds. The SMILES string of the molecule is CCCN(CCO)C(=O)NCCC(=O)O. The second-order valence-electron chi connectivity index (χ2n) is 3.09. The van der Waals surface area contributed by atoms with Crippen molar-refractivity contribution in [3.05, 3.63) is 0 Å². The van der Waals surface area contributed by atoms with E-state index in [4.69, 9.17) is 10.2 Å². The van der Waals surface area contributed by atoms with Crippen LogP contribution >= 0.6 is 0 Å². The monoisotopic (exact) mass is 218 g/mol. The molecule has 0 aliphatic carbocycles. The maximum Gasteiger partial charge on any atom is 0.317 e. The molecular formula is C9H18N2O4. The minimum atomic E-state index is -0.945. The van der Waals surface area contributed by atoms with Gasteiger partial charge in [0, 0.05) is 19.6 Å². The van der Waals surface area contributed by atoms with E-state index in [9.17, 15) is 9.59 Å². The van der Waals surface area contributed by atoms with Crippen LogP contribution in [0.5, 0.6) is 0 Å². The number of carboxylic acids is 1. The molecule has 0 radical (unpaired) electrons. The molecule has 0 rings (SSSR count). The zero-order valence-corrected chi connectivity index (χ0v) is 8.90. The number of aliphatic hydroxyl groups is 1. The van der Waals surface area contributed by atoms with E-state index in [1.54, 1.807) is 0 Å². The first kappa shape index (κ1) is 13.7. The van der Waals surface area contributed by atoms with Gasteiger partial charge in [-0.25, -0.2) is 4.79 Å². The highest BCUT2D eigenvalue weighted by atomic mass is 16.4. The van der Waals surface area contributed by atoms with Gasteiger partial charge in [0.25, 0.3) is 0 Å². The van der Waals surface area contributed by atoms with Gasteiger partial charge in [0.05, 0.1) is 13.0 Å². The van der Waals surface area contributed by atoms with Gasteiger partial charge >= 0.3 is 12.0 Å². The molecule has 0 aliphatic heterocycles. The van der Waals surface area contributed by atoms with E-state index in [0.29, 0.717) is 6.54 Å². The van der Waals surface area contributed by atoms with E-state index in [2.05, 4.69) is 5.32 Å². The Balaban J connectivity index is 3.85. The van der Waals surface area contributed by atoms with E-state index < -0.39 is 5.97 Å². The van der Waals surface area contributed by atoms with Crippen LogP contribution in [0.4, 0.5) is 4.79 Å². The lowest BCUT2D eigenvalue weighted by Crippen LogP contribution is -2.42. The van der Waals surface area contributed by atoms with Crippen LogP contribution in [0.25, 0.3) is 0 Å². The largest absolute Gasteiger partial charge is 0.481 e. The van der Waals surface area contributed by atoms with E-state index in [0.717, 1.165) is 6.42 Å². The van der Waals surface area contributed by atoms with Crippen molar-refractivity contribution in [2.24, 2.45) is 0 Å². The average molecular weight is 218 g/mol. The highest BCUT2D eigenvalue weighted by Crippen LogP contribution is 1.92. The molecule has 0 aromatic heterocycles. The molecule has 0 heterocycles. The zero-order chi connectivity index (χ0) is 11.7. The summed E-state index contributed by atoms with van der Waals surface area (Å²) in [7, 11) is 0. The molecule has 88 valence electrons. The van der Waals surface area contributed by atoms with Gasteiger partial charge in [-0.3, -0.25) is 4.79 Å². The number of nitrogens with one attached hydrogen (secondary N) is 1. The Hall–Kier alpha value is -1.30. The number of aliphatic hydroxyl groups excluding tert-OH is 1. The van der Waals surface area contributed by atoms with E-state index in [1.165, 1.54) is 4.90 Å². The van der Waals surface area contributed by atoms with Crippen molar-refractivity contribution in [3.8, 4) is 0 Å². The van der Waals surface area contributed by atoms with E-state index in [-0.39, 0.29) is 32.1 Å². The lowest BCUT2D eigenvalue weighted by atomic mass is 10.4. The molecule has 3 N–H and O–H groups in total. The zero-order valence-electron chi connectivity index (χ0n) is 8.90. The maximum absolute atomic E-state index is 11.4. The minimum Gasteiger partial charge on any atom is -0.481 e. The number of amides is 2. The van der Waals surface area contributed by atoms with Crippen molar-refractivity contribution in [2.75, 3.05) is 26.2 Å². The maximum atomic E-state index is 11.4. The van der Waals surface area contributed by atoms with Gasteiger partial charge in [-0.15, -0.1) is 0 Å². The molecule has 15 heavy (non-hydrogen) atoms. The third kappa shape index (κ3) is 6.73. The minimum absolute atomic E-state index is 0.0909. The van der Waals surface area contributed by atoms with Crippen molar-refractivity contribution >= 4 is 12.0 Å². The fraction of sp³-hybridized carbons (Fsp3) is 0.778. The summed E-state index contributed by atoms with van der Waals surface area (Å²) in [6.45, 7) is 2.77. The normalized spacial score (nSPS) is 9.73. The Kier molecular flexibility index (Phi) is 7.35. The van der Waals surface area contributed by atoms with Gasteiger partial charge < -0.3 is 20.4 Å². The summed E-state index contributed by atoms with van der Waals surface area (Å²) in [6.07, 6.45) is 0.706. The number of hydrogen-bond acceptors (Lipinski definition) is 3. The lowest BCUT2D eigenvalue weighted by molar-refractivity contribution is -0.136. The van der Waals surface area contributed by atoms with Gasteiger partial charge in [-0.2, -0.15) is 0 Å². The van der Waals surface area contributed by atoms with E-state index >= 15 is 0 Å². The summed E-state index contributed by atoms with van der Waals surface area (Å²) in [5.74, 6) is -0.945. The summed E-state index contributed by atoms with van der Waals surface area (Å²) in [5, 5.41) is 19.6. The molecule has 0 saturated carbocycles. The Labute approximate surface area is 88.9 Å². The van der Waals surface area contributed by atoms with Crippen LogP contribution in [0.15, 0.2) is 0 Å². The first-order valence-electron chi connectivity index (χ1n) is 4.97. The molecule has 0 aromatic rings. The van der Waals surface area contributed by atoms with Crippen molar-refractivity contribution < 1.29 is 19.8 Å². The molecule has 0 bridgehead atoms. The number of carboxylic acid groups (broad SMARTS) is 1. The molecule has 0 fully saturated rings. The summed E-state index contributed by atoms with van der Waals surface area (Å²) in [5.41, 5.74) is 0. The number of rotatable bonds is 7. The van der Waals surface area contributed by atoms with Crippen molar-refractivity contribution in [2.45, 2.75) is 19.8 Å². The number of carbonyl (C=O) groups is 2. The predicted octanol–water partition coefficient (Wildman–Crippen LogP) is -0.125. The number of urea groups is 1. The van der Waals surface area contributed by atoms with Crippen LogP contribution in [0, 0.1) is 0 Å². The predicted molar refractivity (Wildman–Crippen MR) is 54.6 cm³/mol. The van der Waals surface area contributed by atoms with Gasteiger partial charge in [0.1, 0.15) is 0 Å². The molecule has 0 unspecified atom stereocenters. The highest BCUT2D eigenvalue weighted by molar-refractivity contribution is 5.75. The van der Waals surface area contributed by atoms with Crippen molar-refractivity contribution in [3.63, 3.8) is 0 Å². The summed E-state index contributed by atoms with van der Waals surface area (Å²) < 4.78 is 0. The highest BCUT2D eigenvalue weighted by Gasteiger charge is 2.11. The third-order valence-corrected chi connectivity index (χ3v) is 1.77. The smallest absolute Gasteiger partial charge is 0.317 e. The second kappa shape index (κ2) is 8.05. The van der Waals surface area contributed by atoms with Crippen LogP contribution in [0.1, 0.15) is 19.8 Å². The van der Waals surface area contributed by atoms with Crippen molar-refractivity contribution in [1.82, 2.24) is 10.2 Å². The Morgan fingerprint density at radius 2 is 2.00 bits per heavy atom. The molecule has 0 aromatic carbocycles. The van der Waals surface area contributed by atoms with Crippen LogP contribution in [-0.2, 0) is 4.79 Å². The van der Waals surface area contributed by atoms with Gasteiger partial charge in [0.2, 0.25) is 0 Å². The summed E-state index contributed by atoms with van der Waals surface area (Å²) in [6, 6.07) is -0.327. The summed E-state index contributed by atoms with van der Waals surface area (Å²) >= 11 is 0. The average Bonchev–Trinajstić information content (AvgIpc) is 2.16. The molecule has 6 heteroatoms. The lowest BCUT2D eigenvalue weighted by Gasteiger charge is -2.21. The first-order valence-corrected chi connectivity index (χ1v) is 4.97. The van der Waals surface area contributed by atoms with Crippen LogP contribution in [-0.4, -0.2) is 53.4 Å². The molecule has 0 spiro atoms. The number of carbonyl (C=O) groups excluding carboxylic acids is 1. The Morgan fingerprint density at radius 3 is 2.47 bits per heavy atom. The number of nitrogens with zero attached hydrogens (tertiary/aromatic N) is 1. The molecule has 0 saturated heterocycles. The summed E-state index contributed by atoms with van der Waals surface area (Å²) in [4.78, 5) is 23.1. The number of hydrogen-bond donors (Lipinski definition) is 3. The third-order valence-electron chi connectivity index (χ3n) is 1.77. The van der Waals surface area contributed by atoms with E-state index in [1.807, 2.05) is 6.92 Å². The number of aliphatic carboxylic acids is 1. The fourth-order valence-corrected chi connectivity index (χ4v) is 1.09. The topological polar surface area (TPSA) is 89.9 Å². The van der Waals surface area contributed by atoms with Crippen molar-refractivity contribution in [1.29, 1.82) is 0 Å². The molecule has 0 aliphatic rings. The fourth-order valence-electron chi connectivity index (χ4n) is 1.09. The first-order chi connectivity index (χ1) is 7.11. The Bertz CT molecular complexity index is 202. The molecule has 6 nitrogen and oxygen atoms in total. The van der Waals surface area contributed by atoms with Crippen LogP contribution in [0.3, 0.4) is 0 Å². The Morgan fingerprint density at radius 1 is 1.33 bits per heavy atom. The van der Waals surface area contributed by atoms with Gasteiger partial charge in [-0.1, -0.05) is 6.92 Å². The van der Waals surface area contributed by atoms with Gasteiger partial charge in [0.15, 0.2) is 0 Å². The standard InChI is InChI=1S/C9H18N2O4/c1-2-5-11(6-7-12)9(15)10-4-3-8(13)14/h12H,2-7H2,1H3,(H,10,15)(H,13,14). The molecular weight excluding hydrogens is 200 g/mol. The van der Waals surface area contributed by atoms with Crippen LogP contribution < -0.4 is 5.32 Å².